The maximum atomic E-state index is 11.2. The Labute approximate surface area is 366 Å². The van der Waals surface area contributed by atoms with E-state index in [1.165, 1.54) is 154 Å². The summed E-state index contributed by atoms with van der Waals surface area (Å²) >= 11 is 0. The van der Waals surface area contributed by atoms with Crippen LogP contribution in [0.15, 0.2) is 60.7 Å². The van der Waals surface area contributed by atoms with Gasteiger partial charge >= 0.3 is 0 Å². The van der Waals surface area contributed by atoms with Gasteiger partial charge in [-0.1, -0.05) is 229 Å². The van der Waals surface area contributed by atoms with Gasteiger partial charge in [0.25, 0.3) is 0 Å². The number of carbonyl (C=O) groups excluding carboxylic acids is 2. The van der Waals surface area contributed by atoms with Crippen molar-refractivity contribution in [2.75, 3.05) is 13.2 Å². The van der Waals surface area contributed by atoms with Gasteiger partial charge in [-0.2, -0.15) is 0 Å². The molecule has 60 heavy (non-hydrogen) atoms. The van der Waals surface area contributed by atoms with E-state index in [-0.39, 0.29) is 0 Å². The van der Waals surface area contributed by atoms with Crippen LogP contribution in [-0.4, -0.2) is 25.8 Å². The summed E-state index contributed by atoms with van der Waals surface area (Å²) < 4.78 is 12.9. The standard InChI is InChI=1S/C56H78O4/c1-3-5-7-9-11-13-15-17-19-21-23-25-27-29-43-59-55-45-54(42-40-50-33-37-52(48-58)38-34-50)56(46-53(55)41-39-49-31-35-51(47-57)36-32-49)60-44-30-28-26-24-22-20-18-16-14-12-10-8-6-4-2/h31-38,45-48H,3-30,43-44H2,1-2H3. The van der Waals surface area contributed by atoms with Crippen molar-refractivity contribution in [1.29, 1.82) is 0 Å². The van der Waals surface area contributed by atoms with Crippen molar-refractivity contribution in [2.45, 2.75) is 194 Å². The van der Waals surface area contributed by atoms with Crippen molar-refractivity contribution in [2.24, 2.45) is 0 Å². The van der Waals surface area contributed by atoms with Crippen LogP contribution in [-0.2, 0) is 0 Å². The highest BCUT2D eigenvalue weighted by atomic mass is 16.5. The van der Waals surface area contributed by atoms with Gasteiger partial charge in [0.05, 0.1) is 24.3 Å². The lowest BCUT2D eigenvalue weighted by atomic mass is 10.0. The minimum absolute atomic E-state index is 0.611. The molecular formula is C56H78O4. The second-order valence-electron chi connectivity index (χ2n) is 16.7. The first kappa shape index (κ1) is 50.1. The van der Waals surface area contributed by atoms with E-state index in [4.69, 9.17) is 9.47 Å². The van der Waals surface area contributed by atoms with E-state index in [1.807, 2.05) is 36.4 Å². The number of ether oxygens (including phenoxy) is 2. The quantitative estimate of drug-likeness (QED) is 0.0342. The Morgan fingerprint density at radius 1 is 0.367 bits per heavy atom. The van der Waals surface area contributed by atoms with Gasteiger partial charge in [0, 0.05) is 34.4 Å². The van der Waals surface area contributed by atoms with Gasteiger partial charge in [-0.15, -0.1) is 0 Å². The van der Waals surface area contributed by atoms with E-state index in [1.54, 1.807) is 24.3 Å². The highest BCUT2D eigenvalue weighted by molar-refractivity contribution is 5.75. The number of rotatable bonds is 34. The zero-order valence-corrected chi connectivity index (χ0v) is 37.8. The van der Waals surface area contributed by atoms with Gasteiger partial charge < -0.3 is 9.47 Å². The van der Waals surface area contributed by atoms with E-state index in [9.17, 15) is 9.59 Å². The molecule has 0 saturated carbocycles. The lowest BCUT2D eigenvalue weighted by molar-refractivity contribution is 0.111. The van der Waals surface area contributed by atoms with E-state index >= 15 is 0 Å². The monoisotopic (exact) mass is 815 g/mol. The number of unbranched alkanes of at least 4 members (excludes halogenated alkanes) is 26. The molecule has 0 bridgehead atoms. The molecule has 0 aliphatic heterocycles. The summed E-state index contributed by atoms with van der Waals surface area (Å²) in [7, 11) is 0. The van der Waals surface area contributed by atoms with Crippen LogP contribution < -0.4 is 9.47 Å². The summed E-state index contributed by atoms with van der Waals surface area (Å²) in [6, 6.07) is 18.6. The lowest BCUT2D eigenvalue weighted by Crippen LogP contribution is -2.03. The predicted octanol–water partition coefficient (Wildman–Crippen LogP) is 15.8. The van der Waals surface area contributed by atoms with Crippen LogP contribution in [0.3, 0.4) is 0 Å². The summed E-state index contributed by atoms with van der Waals surface area (Å²) in [5.74, 6) is 14.7. The second kappa shape index (κ2) is 34.4. The van der Waals surface area contributed by atoms with Crippen LogP contribution in [0.5, 0.6) is 11.5 Å². The molecule has 4 nitrogen and oxygen atoms in total. The molecule has 0 unspecified atom stereocenters. The van der Waals surface area contributed by atoms with Gasteiger partial charge in [0.2, 0.25) is 0 Å². The summed E-state index contributed by atoms with van der Waals surface area (Å²) in [5, 5.41) is 0. The third kappa shape index (κ3) is 23.5. The average molecular weight is 815 g/mol. The second-order valence-corrected chi connectivity index (χ2v) is 16.7. The molecule has 3 rings (SSSR count). The molecule has 0 aromatic heterocycles. The number of hydrogen-bond acceptors (Lipinski definition) is 4. The summed E-state index contributed by atoms with van der Waals surface area (Å²) in [5.41, 5.74) is 4.42. The molecule has 0 radical (unpaired) electrons. The molecule has 0 aliphatic carbocycles. The average Bonchev–Trinajstić information content (AvgIpc) is 3.28. The zero-order chi connectivity index (χ0) is 42.6. The predicted molar refractivity (Wildman–Crippen MR) is 254 cm³/mol. The van der Waals surface area contributed by atoms with Crippen molar-refractivity contribution < 1.29 is 19.1 Å². The Morgan fingerprint density at radius 3 is 0.900 bits per heavy atom. The fourth-order valence-corrected chi connectivity index (χ4v) is 7.52. The molecular weight excluding hydrogens is 737 g/mol. The lowest BCUT2D eigenvalue weighted by Gasteiger charge is -2.14. The number of hydrogen-bond donors (Lipinski definition) is 0. The van der Waals surface area contributed by atoms with E-state index in [2.05, 4.69) is 37.5 Å². The van der Waals surface area contributed by atoms with Crippen LogP contribution in [0, 0.1) is 23.7 Å². The minimum Gasteiger partial charge on any atom is -0.492 e. The van der Waals surface area contributed by atoms with Gasteiger partial charge in [-0.25, -0.2) is 0 Å². The molecule has 0 fully saturated rings. The Balaban J connectivity index is 1.59. The fraction of sp³-hybridized carbons (Fsp3) is 0.571. The third-order valence-electron chi connectivity index (χ3n) is 11.4. The summed E-state index contributed by atoms with van der Waals surface area (Å²) in [4.78, 5) is 22.4. The molecule has 4 heteroatoms. The maximum absolute atomic E-state index is 11.2. The first-order valence-corrected chi connectivity index (χ1v) is 24.2. The van der Waals surface area contributed by atoms with E-state index in [0.717, 1.165) is 60.5 Å². The zero-order valence-electron chi connectivity index (χ0n) is 37.8. The first-order valence-electron chi connectivity index (χ1n) is 24.2. The van der Waals surface area contributed by atoms with Crippen molar-refractivity contribution in [3.8, 4) is 35.2 Å². The van der Waals surface area contributed by atoms with Crippen LogP contribution in [0.1, 0.15) is 237 Å². The molecule has 0 saturated heterocycles. The van der Waals surface area contributed by atoms with Crippen molar-refractivity contribution >= 4 is 12.6 Å². The normalized spacial score (nSPS) is 10.7. The Kier molecular flexibility index (Phi) is 28.7. The van der Waals surface area contributed by atoms with Crippen LogP contribution >= 0.6 is 0 Å². The van der Waals surface area contributed by atoms with E-state index < -0.39 is 0 Å². The van der Waals surface area contributed by atoms with Gasteiger partial charge in [0.1, 0.15) is 24.1 Å². The van der Waals surface area contributed by atoms with Crippen LogP contribution in [0.2, 0.25) is 0 Å². The molecule has 3 aromatic rings. The van der Waals surface area contributed by atoms with Crippen molar-refractivity contribution in [3.63, 3.8) is 0 Å². The van der Waals surface area contributed by atoms with E-state index in [0.29, 0.717) is 35.8 Å². The smallest absolute Gasteiger partial charge is 0.150 e. The number of aldehydes is 2. The molecule has 0 atom stereocenters. The van der Waals surface area contributed by atoms with Gasteiger partial charge in [-0.3, -0.25) is 9.59 Å². The Morgan fingerprint density at radius 2 is 0.633 bits per heavy atom. The van der Waals surface area contributed by atoms with Gasteiger partial charge in [0.15, 0.2) is 0 Å². The molecule has 0 heterocycles. The fourth-order valence-electron chi connectivity index (χ4n) is 7.52. The van der Waals surface area contributed by atoms with Crippen LogP contribution in [0.4, 0.5) is 0 Å². The van der Waals surface area contributed by atoms with Crippen LogP contribution in [0.25, 0.3) is 0 Å². The Hall–Kier alpha value is -4.28. The molecule has 0 aliphatic rings. The molecule has 326 valence electrons. The highest BCUT2D eigenvalue weighted by Gasteiger charge is 2.11. The third-order valence-corrected chi connectivity index (χ3v) is 11.4. The minimum atomic E-state index is 0.611. The van der Waals surface area contributed by atoms with Crippen molar-refractivity contribution in [1.82, 2.24) is 0 Å². The molecule has 0 amide bonds. The largest absolute Gasteiger partial charge is 0.492 e. The first-order chi connectivity index (χ1) is 29.7. The van der Waals surface area contributed by atoms with Crippen molar-refractivity contribution in [3.05, 3.63) is 94.0 Å². The molecule has 3 aromatic carbocycles. The number of carbonyl (C=O) groups is 2. The maximum Gasteiger partial charge on any atom is 0.150 e. The topological polar surface area (TPSA) is 52.6 Å². The summed E-state index contributed by atoms with van der Waals surface area (Å²) in [6.45, 7) is 5.78. The number of benzene rings is 3. The highest BCUT2D eigenvalue weighted by Crippen LogP contribution is 2.30. The van der Waals surface area contributed by atoms with Gasteiger partial charge in [-0.05, 0) is 37.1 Å². The SMILES string of the molecule is CCCCCCCCCCCCCCCCOc1cc(C#Cc2ccc(C=O)cc2)c(OCCCCCCCCCCCCCCCC)cc1C#Cc1ccc(C=O)cc1. The molecule has 0 N–H and O–H groups in total. The summed E-state index contributed by atoms with van der Waals surface area (Å²) in [6.07, 6.45) is 38.5. The Bertz CT molecular complexity index is 1550. The molecule has 0 spiro atoms.